The Morgan fingerprint density at radius 2 is 1.51 bits per heavy atom. The predicted octanol–water partition coefficient (Wildman–Crippen LogP) is 11.1. The quantitative estimate of drug-likeness (QED) is 0.201. The molecule has 5 aromatic rings. The first-order valence-electron chi connectivity index (χ1n) is 14.9. The fourth-order valence-electron chi connectivity index (χ4n) is 9.37. The molecule has 0 heterocycles. The fourth-order valence-corrected chi connectivity index (χ4v) is 9.65. The summed E-state index contributed by atoms with van der Waals surface area (Å²) >= 11 is 7.04. The van der Waals surface area contributed by atoms with Crippen LogP contribution in [0.3, 0.4) is 0 Å². The van der Waals surface area contributed by atoms with Crippen LogP contribution in [0.5, 0.6) is 0 Å². The highest BCUT2D eigenvalue weighted by Crippen LogP contribution is 2.65. The first-order chi connectivity index (χ1) is 19.1. The average molecular weight is 527 g/mol. The van der Waals surface area contributed by atoms with Gasteiger partial charge in [-0.05, 0) is 117 Å². The van der Waals surface area contributed by atoms with Crippen molar-refractivity contribution in [1.29, 1.82) is 0 Å². The Hall–Kier alpha value is -3.09. The van der Waals surface area contributed by atoms with Crippen molar-refractivity contribution in [1.82, 2.24) is 0 Å². The van der Waals surface area contributed by atoms with E-state index in [0.717, 1.165) is 16.9 Å². The van der Waals surface area contributed by atoms with E-state index in [0.29, 0.717) is 11.8 Å². The maximum atomic E-state index is 7.04. The van der Waals surface area contributed by atoms with Crippen LogP contribution >= 0.6 is 11.6 Å². The molecule has 194 valence electrons. The van der Waals surface area contributed by atoms with Crippen molar-refractivity contribution in [3.63, 3.8) is 0 Å². The first kappa shape index (κ1) is 23.8. The van der Waals surface area contributed by atoms with E-state index in [1.54, 1.807) is 0 Å². The third-order valence-corrected chi connectivity index (χ3v) is 11.2. The minimum absolute atomic E-state index is 0.0442. The second kappa shape index (κ2) is 8.70. The molecule has 0 aromatic heterocycles. The van der Waals surface area contributed by atoms with Crippen molar-refractivity contribution in [2.24, 2.45) is 23.7 Å². The Balaban J connectivity index is 1.41. The summed E-state index contributed by atoms with van der Waals surface area (Å²) < 4.78 is 0. The monoisotopic (exact) mass is 526 g/mol. The molecule has 0 N–H and O–H groups in total. The summed E-state index contributed by atoms with van der Waals surface area (Å²) in [5.41, 5.74) is 8.41. The molecule has 5 aromatic carbocycles. The van der Waals surface area contributed by atoms with Crippen LogP contribution in [0.1, 0.15) is 57.1 Å². The smallest absolute Gasteiger partial charge is 0.0487 e. The van der Waals surface area contributed by atoms with Gasteiger partial charge in [0.05, 0.1) is 0 Å². The Morgan fingerprint density at radius 3 is 2.36 bits per heavy atom. The second-order valence-corrected chi connectivity index (χ2v) is 13.1. The van der Waals surface area contributed by atoms with Crippen molar-refractivity contribution in [2.45, 2.75) is 51.4 Å². The van der Waals surface area contributed by atoms with Crippen LogP contribution in [0.15, 0.2) is 91.0 Å². The topological polar surface area (TPSA) is 0 Å². The van der Waals surface area contributed by atoms with E-state index < -0.39 is 0 Å². The van der Waals surface area contributed by atoms with Crippen molar-refractivity contribution in [3.8, 4) is 22.3 Å². The normalized spacial score (nSPS) is 27.2. The van der Waals surface area contributed by atoms with Crippen LogP contribution < -0.4 is 0 Å². The van der Waals surface area contributed by atoms with Gasteiger partial charge < -0.3 is 0 Å². The van der Waals surface area contributed by atoms with Crippen LogP contribution in [0.4, 0.5) is 0 Å². The summed E-state index contributed by atoms with van der Waals surface area (Å²) in [6.07, 6.45) is 6.74. The SMILES string of the molecule is CCC1CC2CC(C)C3(c4cc(-c5cc6ccccc6c6ccccc56)ccc4-c4c(Cl)cccc43)C(C1)C2. The van der Waals surface area contributed by atoms with Gasteiger partial charge >= 0.3 is 0 Å². The standard InChI is InChI=1S/C38H35Cl/c1-3-24-18-25-17-23(2)38(28(19-24)20-25)34-13-8-14-36(39)37(34)32-16-15-27(22-35(32)38)33-21-26-9-4-5-10-29(26)30-11-6-7-12-31(30)33/h4-16,21-25,28H,3,17-20H2,1-2H3. The molecule has 3 aliphatic carbocycles. The zero-order chi connectivity index (χ0) is 26.3. The molecule has 8 rings (SSSR count). The third-order valence-electron chi connectivity index (χ3n) is 10.9. The van der Waals surface area contributed by atoms with Crippen LogP contribution in [0.25, 0.3) is 43.8 Å². The highest BCUT2D eigenvalue weighted by atomic mass is 35.5. The Kier molecular flexibility index (Phi) is 5.30. The highest BCUT2D eigenvalue weighted by Gasteiger charge is 2.57. The summed E-state index contributed by atoms with van der Waals surface area (Å²) in [5, 5.41) is 6.21. The molecular formula is C38H35Cl. The lowest BCUT2D eigenvalue weighted by atomic mass is 9.49. The molecule has 0 saturated heterocycles. The summed E-state index contributed by atoms with van der Waals surface area (Å²) in [7, 11) is 0. The van der Waals surface area contributed by atoms with Crippen molar-refractivity contribution >= 4 is 33.1 Å². The van der Waals surface area contributed by atoms with Gasteiger partial charge in [0.1, 0.15) is 0 Å². The van der Waals surface area contributed by atoms with Crippen molar-refractivity contribution in [3.05, 3.63) is 107 Å². The molecule has 2 saturated carbocycles. The molecule has 2 fully saturated rings. The molecule has 1 spiro atoms. The second-order valence-electron chi connectivity index (χ2n) is 12.7. The predicted molar refractivity (Wildman–Crippen MR) is 167 cm³/mol. The van der Waals surface area contributed by atoms with Gasteiger partial charge in [-0.15, -0.1) is 0 Å². The molecule has 5 unspecified atom stereocenters. The van der Waals surface area contributed by atoms with Crippen molar-refractivity contribution in [2.75, 3.05) is 0 Å². The largest absolute Gasteiger partial charge is 0.0837 e. The minimum Gasteiger partial charge on any atom is -0.0837 e. The number of hydrogen-bond donors (Lipinski definition) is 0. The summed E-state index contributed by atoms with van der Waals surface area (Å²) in [4.78, 5) is 0. The van der Waals surface area contributed by atoms with Crippen LogP contribution in [-0.4, -0.2) is 0 Å². The van der Waals surface area contributed by atoms with Gasteiger partial charge in [0.25, 0.3) is 0 Å². The van der Waals surface area contributed by atoms with E-state index in [1.807, 2.05) is 0 Å². The third kappa shape index (κ3) is 3.25. The molecule has 1 heteroatoms. The molecule has 5 atom stereocenters. The van der Waals surface area contributed by atoms with Crippen LogP contribution in [0.2, 0.25) is 5.02 Å². The van der Waals surface area contributed by atoms with Crippen LogP contribution in [0, 0.1) is 23.7 Å². The molecule has 0 radical (unpaired) electrons. The van der Waals surface area contributed by atoms with Gasteiger partial charge in [-0.1, -0.05) is 105 Å². The Morgan fingerprint density at radius 1 is 0.718 bits per heavy atom. The van der Waals surface area contributed by atoms with Gasteiger partial charge in [-0.3, -0.25) is 0 Å². The van der Waals surface area contributed by atoms with E-state index in [4.69, 9.17) is 11.6 Å². The van der Waals surface area contributed by atoms with E-state index in [1.165, 1.54) is 87.0 Å². The molecule has 0 amide bonds. The zero-order valence-electron chi connectivity index (χ0n) is 22.9. The van der Waals surface area contributed by atoms with Gasteiger partial charge in [0.2, 0.25) is 0 Å². The fraction of sp³-hybridized carbons (Fsp3) is 0.316. The minimum atomic E-state index is 0.0442. The lowest BCUT2D eigenvalue weighted by Gasteiger charge is -2.54. The van der Waals surface area contributed by atoms with E-state index in [2.05, 4.69) is 105 Å². The molecule has 39 heavy (non-hydrogen) atoms. The van der Waals surface area contributed by atoms with Gasteiger partial charge in [0, 0.05) is 16.0 Å². The molecule has 2 bridgehead atoms. The number of fused-ring (bicyclic) bond motifs is 11. The lowest BCUT2D eigenvalue weighted by molar-refractivity contribution is 0.0368. The van der Waals surface area contributed by atoms with Crippen molar-refractivity contribution < 1.29 is 0 Å². The van der Waals surface area contributed by atoms with Gasteiger partial charge in [0.15, 0.2) is 0 Å². The summed E-state index contributed by atoms with van der Waals surface area (Å²) in [6, 6.07) is 34.2. The molecule has 3 aliphatic rings. The Bertz CT molecular complexity index is 1760. The molecule has 0 nitrogen and oxygen atoms in total. The number of halogens is 1. The maximum absolute atomic E-state index is 7.04. The maximum Gasteiger partial charge on any atom is 0.0487 e. The lowest BCUT2D eigenvalue weighted by Crippen LogP contribution is -2.49. The summed E-state index contributed by atoms with van der Waals surface area (Å²) in [6.45, 7) is 4.95. The molecular weight excluding hydrogens is 492 g/mol. The van der Waals surface area contributed by atoms with E-state index >= 15 is 0 Å². The average Bonchev–Trinajstić information content (AvgIpc) is 3.27. The molecule has 0 aliphatic heterocycles. The highest BCUT2D eigenvalue weighted by molar-refractivity contribution is 6.34. The number of benzene rings is 5. The number of hydrogen-bond acceptors (Lipinski definition) is 0. The van der Waals surface area contributed by atoms with E-state index in [9.17, 15) is 0 Å². The number of rotatable bonds is 2. The Labute approximate surface area is 237 Å². The van der Waals surface area contributed by atoms with Crippen LogP contribution in [-0.2, 0) is 5.41 Å². The summed E-state index contributed by atoms with van der Waals surface area (Å²) in [5.74, 6) is 2.99. The van der Waals surface area contributed by atoms with Gasteiger partial charge in [-0.2, -0.15) is 0 Å². The van der Waals surface area contributed by atoms with Gasteiger partial charge in [-0.25, -0.2) is 0 Å². The zero-order valence-corrected chi connectivity index (χ0v) is 23.6. The first-order valence-corrected chi connectivity index (χ1v) is 15.3. The van der Waals surface area contributed by atoms with E-state index in [-0.39, 0.29) is 5.41 Å².